The zero-order valence-electron chi connectivity index (χ0n) is 23.3. The van der Waals surface area contributed by atoms with Crippen LogP contribution in [0.2, 0.25) is 0 Å². The third kappa shape index (κ3) is 4.69. The first kappa shape index (κ1) is 26.9. The molecule has 3 aliphatic rings. The van der Waals surface area contributed by atoms with Crippen LogP contribution in [-0.2, 0) is 12.8 Å². The van der Waals surface area contributed by atoms with Gasteiger partial charge in [-0.15, -0.1) is 5.10 Å². The highest BCUT2D eigenvalue weighted by atomic mass is 19.1. The molecular weight excluding hydrogens is 515 g/mol. The summed E-state index contributed by atoms with van der Waals surface area (Å²) in [6, 6.07) is 9.80. The number of hydrogen-bond donors (Lipinski definition) is 1. The topological polar surface area (TPSA) is 56.1 Å². The number of ether oxygens (including phenoxy) is 1. The molecule has 1 amide bonds. The number of fused-ring (bicyclic) bond motifs is 3. The third-order valence-corrected chi connectivity index (χ3v) is 9.83. The van der Waals surface area contributed by atoms with E-state index in [1.165, 1.54) is 35.4 Å². The van der Waals surface area contributed by atoms with E-state index in [0.29, 0.717) is 18.8 Å². The summed E-state index contributed by atoms with van der Waals surface area (Å²) in [5.41, 5.74) is 2.35. The highest BCUT2D eigenvalue weighted by Gasteiger charge is 2.60. The van der Waals surface area contributed by atoms with E-state index in [9.17, 15) is 13.6 Å². The van der Waals surface area contributed by atoms with Gasteiger partial charge < -0.3 is 10.1 Å². The van der Waals surface area contributed by atoms with Crippen LogP contribution in [0.4, 0.5) is 18.0 Å². The third-order valence-electron chi connectivity index (χ3n) is 9.83. The Balaban J connectivity index is 1.37. The molecule has 1 aromatic heterocycles. The average Bonchev–Trinajstić information content (AvgIpc) is 3.44. The van der Waals surface area contributed by atoms with Crippen LogP contribution in [0, 0.1) is 34.2 Å². The second kappa shape index (κ2) is 9.96. The Bertz CT molecular complexity index is 1450. The molecule has 0 saturated heterocycles. The van der Waals surface area contributed by atoms with E-state index in [2.05, 4.69) is 31.2 Å². The largest absolute Gasteiger partial charge is 0.414 e. The number of amides is 1. The van der Waals surface area contributed by atoms with Crippen LogP contribution in [0.15, 0.2) is 42.5 Å². The van der Waals surface area contributed by atoms with E-state index in [4.69, 9.17) is 4.74 Å². The number of benzene rings is 2. The summed E-state index contributed by atoms with van der Waals surface area (Å²) in [5, 5.41) is 7.78. The van der Waals surface area contributed by atoms with Crippen LogP contribution in [0.25, 0.3) is 5.69 Å². The van der Waals surface area contributed by atoms with Crippen molar-refractivity contribution in [3.05, 3.63) is 76.7 Å². The highest BCUT2D eigenvalue weighted by Crippen LogP contribution is 2.62. The predicted octanol–water partition coefficient (Wildman–Crippen LogP) is 7.65. The number of carbonyl (C=O) groups is 1. The molecule has 6 rings (SSSR count). The van der Waals surface area contributed by atoms with Gasteiger partial charge in [0.25, 0.3) is 0 Å². The maximum atomic E-state index is 15.1. The Kier molecular flexibility index (Phi) is 6.70. The van der Waals surface area contributed by atoms with Crippen molar-refractivity contribution in [1.29, 1.82) is 0 Å². The van der Waals surface area contributed by atoms with E-state index < -0.39 is 17.7 Å². The van der Waals surface area contributed by atoms with Gasteiger partial charge >= 0.3 is 6.09 Å². The van der Waals surface area contributed by atoms with Gasteiger partial charge in [0.1, 0.15) is 17.3 Å². The molecule has 0 aliphatic heterocycles. The van der Waals surface area contributed by atoms with Crippen LogP contribution in [0.1, 0.15) is 82.0 Å². The molecular formula is C32H36F3N3O2. The average molecular weight is 552 g/mol. The van der Waals surface area contributed by atoms with Gasteiger partial charge in [0.05, 0.1) is 5.69 Å². The van der Waals surface area contributed by atoms with Crippen molar-refractivity contribution in [2.24, 2.45) is 16.7 Å². The Labute approximate surface area is 233 Å². The molecule has 5 nitrogen and oxygen atoms in total. The summed E-state index contributed by atoms with van der Waals surface area (Å²) in [6.07, 6.45) is 6.41. The molecule has 3 unspecified atom stereocenters. The number of aromatic nitrogens is 2. The summed E-state index contributed by atoms with van der Waals surface area (Å²) in [5.74, 6) is -1.18. The predicted molar refractivity (Wildman–Crippen MR) is 146 cm³/mol. The molecule has 2 fully saturated rings. The summed E-state index contributed by atoms with van der Waals surface area (Å²) in [4.78, 5) is 13.4. The smallest absolute Gasteiger partial charge is 0.389 e. The maximum absolute atomic E-state index is 15.1. The lowest BCUT2D eigenvalue weighted by Crippen LogP contribution is -2.53. The minimum Gasteiger partial charge on any atom is -0.389 e. The van der Waals surface area contributed by atoms with Gasteiger partial charge in [0.2, 0.25) is 5.88 Å². The second-order valence-corrected chi connectivity index (χ2v) is 12.8. The van der Waals surface area contributed by atoms with E-state index >= 15 is 4.39 Å². The molecule has 2 bridgehead atoms. The number of carbonyl (C=O) groups excluding carboxylic acids is 1. The Hall–Kier alpha value is -3.29. The summed E-state index contributed by atoms with van der Waals surface area (Å²) in [6.45, 7) is 6.66. The minimum absolute atomic E-state index is 0.0246. The van der Waals surface area contributed by atoms with Crippen molar-refractivity contribution in [3.63, 3.8) is 0 Å². The van der Waals surface area contributed by atoms with Crippen molar-refractivity contribution >= 4 is 6.09 Å². The fourth-order valence-electron chi connectivity index (χ4n) is 7.89. The molecule has 2 saturated carbocycles. The van der Waals surface area contributed by atoms with Gasteiger partial charge in [0, 0.05) is 23.6 Å². The lowest BCUT2D eigenvalue weighted by Gasteiger charge is -2.42. The standard InChI is InChI=1S/C32H36F3N3O2/c1-31(2)21-13-14-32(3,18-21)29(31)36-30(39)40-28-24-10-5-4-8-20(15-19-7-6-9-22(33)16-19)27(24)38(37-28)26-12-11-23(34)17-25(26)35/h6-7,9,11-12,16-17,20-21,29H,4-5,8,10,13-15,18H2,1-3H3,(H,36,39)/t20?,21?,29-,32?/m1/s1. The molecule has 3 aromatic rings. The quantitative estimate of drug-likeness (QED) is 0.332. The zero-order valence-corrected chi connectivity index (χ0v) is 23.3. The minimum atomic E-state index is -0.758. The van der Waals surface area contributed by atoms with Gasteiger partial charge in [-0.2, -0.15) is 0 Å². The van der Waals surface area contributed by atoms with Crippen LogP contribution in [0.5, 0.6) is 5.88 Å². The Morgan fingerprint density at radius 3 is 2.60 bits per heavy atom. The van der Waals surface area contributed by atoms with Gasteiger partial charge in [-0.05, 0) is 91.5 Å². The first-order valence-electron chi connectivity index (χ1n) is 14.4. The summed E-state index contributed by atoms with van der Waals surface area (Å²) in [7, 11) is 0. The highest BCUT2D eigenvalue weighted by molar-refractivity contribution is 5.71. The van der Waals surface area contributed by atoms with E-state index in [1.54, 1.807) is 6.07 Å². The molecule has 40 heavy (non-hydrogen) atoms. The first-order chi connectivity index (χ1) is 19.0. The molecule has 1 heterocycles. The number of nitrogens with zero attached hydrogens (tertiary/aromatic N) is 2. The van der Waals surface area contributed by atoms with Crippen LogP contribution >= 0.6 is 0 Å². The SMILES string of the molecule is CC12CCC(C1)C(C)(C)[C@H]2NC(=O)Oc1nn(-c2ccc(F)cc2F)c2c1CCCCC2Cc1cccc(F)c1. The molecule has 4 atom stereocenters. The van der Waals surface area contributed by atoms with E-state index in [-0.39, 0.29) is 40.2 Å². The van der Waals surface area contributed by atoms with E-state index in [1.807, 2.05) is 6.07 Å². The molecule has 2 aromatic carbocycles. The Morgan fingerprint density at radius 2 is 1.88 bits per heavy atom. The second-order valence-electron chi connectivity index (χ2n) is 12.8. The molecule has 0 radical (unpaired) electrons. The van der Waals surface area contributed by atoms with E-state index in [0.717, 1.165) is 55.0 Å². The molecule has 1 N–H and O–H groups in total. The molecule has 0 spiro atoms. The van der Waals surface area contributed by atoms with Crippen molar-refractivity contribution in [3.8, 4) is 11.6 Å². The van der Waals surface area contributed by atoms with Gasteiger partial charge in [0.15, 0.2) is 5.82 Å². The number of nitrogens with one attached hydrogen (secondary N) is 1. The van der Waals surface area contributed by atoms with Crippen molar-refractivity contribution < 1.29 is 22.7 Å². The zero-order chi connectivity index (χ0) is 28.2. The fourth-order valence-corrected chi connectivity index (χ4v) is 7.89. The molecule has 8 heteroatoms. The summed E-state index contributed by atoms with van der Waals surface area (Å²) < 4.78 is 50.3. The maximum Gasteiger partial charge on any atom is 0.414 e. The van der Waals surface area contributed by atoms with Crippen LogP contribution in [-0.4, -0.2) is 21.9 Å². The van der Waals surface area contributed by atoms with Crippen LogP contribution in [0.3, 0.4) is 0 Å². The molecule has 3 aliphatic carbocycles. The van der Waals surface area contributed by atoms with Gasteiger partial charge in [-0.3, -0.25) is 0 Å². The van der Waals surface area contributed by atoms with Crippen molar-refractivity contribution in [1.82, 2.24) is 15.1 Å². The lowest BCUT2D eigenvalue weighted by atomic mass is 9.68. The lowest BCUT2D eigenvalue weighted by molar-refractivity contribution is 0.103. The van der Waals surface area contributed by atoms with Crippen LogP contribution < -0.4 is 10.1 Å². The number of hydrogen-bond acceptors (Lipinski definition) is 3. The van der Waals surface area contributed by atoms with Gasteiger partial charge in [-0.25, -0.2) is 22.6 Å². The monoisotopic (exact) mass is 551 g/mol. The van der Waals surface area contributed by atoms with Crippen molar-refractivity contribution in [2.45, 2.75) is 84.1 Å². The fraction of sp³-hybridized carbons (Fsp3) is 0.500. The summed E-state index contributed by atoms with van der Waals surface area (Å²) >= 11 is 0. The van der Waals surface area contributed by atoms with Gasteiger partial charge in [-0.1, -0.05) is 39.3 Å². The Morgan fingerprint density at radius 1 is 1.07 bits per heavy atom. The number of rotatable bonds is 5. The normalized spacial score (nSPS) is 26.8. The first-order valence-corrected chi connectivity index (χ1v) is 14.4. The number of halogens is 3. The van der Waals surface area contributed by atoms with Crippen molar-refractivity contribution in [2.75, 3.05) is 0 Å². The molecule has 212 valence electrons.